The molecule has 0 heterocycles. The molecule has 0 bridgehead atoms. The normalized spacial score (nSPS) is 9.06. The quantitative estimate of drug-likeness (QED) is 0.596. The summed E-state index contributed by atoms with van der Waals surface area (Å²) in [6, 6.07) is 13.2. The van der Waals surface area contributed by atoms with E-state index < -0.39 is 0 Å². The van der Waals surface area contributed by atoms with Crippen LogP contribution >= 0.6 is 0 Å². The Bertz CT molecular complexity index is 393. The molecule has 3 N–H and O–H groups in total. The highest BCUT2D eigenvalue weighted by Crippen LogP contribution is 2.21. The maximum Gasteiger partial charge on any atom is 0.157 e. The monoisotopic (exact) mass is 218 g/mol. The van der Waals surface area contributed by atoms with Gasteiger partial charge in [-0.25, -0.2) is 0 Å². The molecule has 0 spiro atoms. The van der Waals surface area contributed by atoms with E-state index in [2.05, 4.69) is 0 Å². The molecule has 0 aromatic heterocycles. The minimum atomic E-state index is -0.0764. The molecule has 0 saturated carbocycles. The fourth-order valence-electron chi connectivity index (χ4n) is 1.01. The Morgan fingerprint density at radius 1 is 0.688 bits per heavy atom. The van der Waals surface area contributed by atoms with Crippen molar-refractivity contribution < 1.29 is 15.3 Å². The van der Waals surface area contributed by atoms with E-state index in [0.29, 0.717) is 5.75 Å². The first-order valence-corrected chi connectivity index (χ1v) is 4.82. The van der Waals surface area contributed by atoms with Crippen LogP contribution in [0.25, 0.3) is 0 Å². The first-order chi connectivity index (χ1) is 7.59. The molecular formula is C13H14O3. The molecule has 0 radical (unpaired) electrons. The minimum Gasteiger partial charge on any atom is -0.508 e. The van der Waals surface area contributed by atoms with Crippen LogP contribution in [0, 0.1) is 6.92 Å². The van der Waals surface area contributed by atoms with Gasteiger partial charge in [0.05, 0.1) is 0 Å². The predicted molar refractivity (Wildman–Crippen MR) is 62.6 cm³/mol. The highest BCUT2D eigenvalue weighted by molar-refractivity contribution is 5.36. The van der Waals surface area contributed by atoms with E-state index in [1.807, 2.05) is 19.1 Å². The number of rotatable bonds is 0. The lowest BCUT2D eigenvalue weighted by molar-refractivity contribution is 0.404. The molecule has 2 aromatic rings. The van der Waals surface area contributed by atoms with Crippen molar-refractivity contribution in [3.8, 4) is 17.2 Å². The number of phenols is 3. The van der Waals surface area contributed by atoms with Crippen LogP contribution < -0.4 is 0 Å². The summed E-state index contributed by atoms with van der Waals surface area (Å²) in [6.07, 6.45) is 0. The average molecular weight is 218 g/mol. The van der Waals surface area contributed by atoms with Gasteiger partial charge in [0.15, 0.2) is 11.5 Å². The van der Waals surface area contributed by atoms with Crippen molar-refractivity contribution in [3.05, 3.63) is 54.1 Å². The third-order valence-electron chi connectivity index (χ3n) is 1.92. The number of hydrogen-bond acceptors (Lipinski definition) is 3. The number of phenolic OH excluding ortho intramolecular Hbond substituents is 3. The molecule has 84 valence electrons. The van der Waals surface area contributed by atoms with Gasteiger partial charge in [-0.1, -0.05) is 29.8 Å². The number of aryl methyl sites for hydroxylation is 1. The fourth-order valence-corrected chi connectivity index (χ4v) is 1.01. The van der Waals surface area contributed by atoms with Gasteiger partial charge in [0, 0.05) is 0 Å². The second kappa shape index (κ2) is 5.66. The van der Waals surface area contributed by atoms with E-state index in [-0.39, 0.29) is 11.5 Å². The second-order valence-electron chi connectivity index (χ2n) is 3.32. The van der Waals surface area contributed by atoms with Crippen molar-refractivity contribution in [1.82, 2.24) is 0 Å². The van der Waals surface area contributed by atoms with Crippen molar-refractivity contribution >= 4 is 0 Å². The molecule has 0 aliphatic rings. The minimum absolute atomic E-state index is 0.0764. The molecule has 0 amide bonds. The van der Waals surface area contributed by atoms with Gasteiger partial charge in [-0.3, -0.25) is 0 Å². The molecule has 16 heavy (non-hydrogen) atoms. The van der Waals surface area contributed by atoms with E-state index in [9.17, 15) is 0 Å². The molecule has 0 saturated heterocycles. The van der Waals surface area contributed by atoms with Crippen molar-refractivity contribution in [1.29, 1.82) is 0 Å². The van der Waals surface area contributed by atoms with Crippen LogP contribution in [0.2, 0.25) is 0 Å². The van der Waals surface area contributed by atoms with Crippen LogP contribution in [0.4, 0.5) is 0 Å². The second-order valence-corrected chi connectivity index (χ2v) is 3.32. The SMILES string of the molecule is Cc1ccc(O)cc1.Oc1ccccc1O. The zero-order chi connectivity index (χ0) is 12.0. The summed E-state index contributed by atoms with van der Waals surface area (Å²) in [5.41, 5.74) is 1.17. The Kier molecular flexibility index (Phi) is 4.21. The van der Waals surface area contributed by atoms with Crippen LogP contribution in [-0.4, -0.2) is 15.3 Å². The van der Waals surface area contributed by atoms with E-state index >= 15 is 0 Å². The zero-order valence-corrected chi connectivity index (χ0v) is 8.96. The molecule has 2 aromatic carbocycles. The van der Waals surface area contributed by atoms with E-state index in [0.717, 1.165) is 0 Å². The van der Waals surface area contributed by atoms with Gasteiger partial charge in [0.1, 0.15) is 5.75 Å². The summed E-state index contributed by atoms with van der Waals surface area (Å²) in [7, 11) is 0. The molecular weight excluding hydrogens is 204 g/mol. The third-order valence-corrected chi connectivity index (χ3v) is 1.92. The van der Waals surface area contributed by atoms with Gasteiger partial charge in [0.2, 0.25) is 0 Å². The Morgan fingerprint density at radius 2 is 1.12 bits per heavy atom. The third kappa shape index (κ3) is 3.92. The van der Waals surface area contributed by atoms with Gasteiger partial charge >= 0.3 is 0 Å². The van der Waals surface area contributed by atoms with Crippen molar-refractivity contribution in [3.63, 3.8) is 0 Å². The number of benzene rings is 2. The fraction of sp³-hybridized carbons (Fsp3) is 0.0769. The predicted octanol–water partition coefficient (Wildman–Crippen LogP) is 2.80. The van der Waals surface area contributed by atoms with E-state index in [1.165, 1.54) is 17.7 Å². The summed E-state index contributed by atoms with van der Waals surface area (Å²) in [5.74, 6) is 0.176. The van der Waals surface area contributed by atoms with Gasteiger partial charge in [0.25, 0.3) is 0 Å². The van der Waals surface area contributed by atoms with Crippen molar-refractivity contribution in [2.75, 3.05) is 0 Å². The molecule has 0 unspecified atom stereocenters. The summed E-state index contributed by atoms with van der Waals surface area (Å²) in [5, 5.41) is 26.1. The van der Waals surface area contributed by atoms with E-state index in [4.69, 9.17) is 15.3 Å². The van der Waals surface area contributed by atoms with Crippen LogP contribution in [0.3, 0.4) is 0 Å². The molecule has 0 aliphatic heterocycles. The molecule has 0 atom stereocenters. The van der Waals surface area contributed by atoms with Crippen molar-refractivity contribution in [2.45, 2.75) is 6.92 Å². The molecule has 3 heteroatoms. The summed E-state index contributed by atoms with van der Waals surface area (Å²) >= 11 is 0. The number of para-hydroxylation sites is 2. The largest absolute Gasteiger partial charge is 0.508 e. The zero-order valence-electron chi connectivity index (χ0n) is 8.96. The van der Waals surface area contributed by atoms with E-state index in [1.54, 1.807) is 24.3 Å². The first kappa shape index (κ1) is 11.9. The first-order valence-electron chi connectivity index (χ1n) is 4.82. The van der Waals surface area contributed by atoms with Gasteiger partial charge in [-0.05, 0) is 31.2 Å². The Morgan fingerprint density at radius 3 is 1.44 bits per heavy atom. The van der Waals surface area contributed by atoms with Crippen LogP contribution in [-0.2, 0) is 0 Å². The highest BCUT2D eigenvalue weighted by Gasteiger charge is 1.90. The lowest BCUT2D eigenvalue weighted by atomic mass is 10.2. The average Bonchev–Trinajstić information content (AvgIpc) is 2.28. The summed E-state index contributed by atoms with van der Waals surface area (Å²) in [4.78, 5) is 0. The number of aromatic hydroxyl groups is 3. The van der Waals surface area contributed by atoms with Crippen LogP contribution in [0.5, 0.6) is 17.2 Å². The maximum atomic E-state index is 8.76. The van der Waals surface area contributed by atoms with Gasteiger partial charge in [-0.15, -0.1) is 0 Å². The summed E-state index contributed by atoms with van der Waals surface area (Å²) < 4.78 is 0. The lowest BCUT2D eigenvalue weighted by Crippen LogP contribution is -1.66. The standard InChI is InChI=1S/C7H8O.C6H6O2/c1-6-2-4-7(8)5-3-6;7-5-3-1-2-4-6(5)8/h2-5,8H,1H3;1-4,7-8H. The Balaban J connectivity index is 0.000000160. The van der Waals surface area contributed by atoms with Crippen molar-refractivity contribution in [2.24, 2.45) is 0 Å². The van der Waals surface area contributed by atoms with Crippen LogP contribution in [0.1, 0.15) is 5.56 Å². The Labute approximate surface area is 94.2 Å². The highest BCUT2D eigenvalue weighted by atomic mass is 16.3. The Hall–Kier alpha value is -2.16. The maximum absolute atomic E-state index is 8.76. The molecule has 2 rings (SSSR count). The molecule has 0 aliphatic carbocycles. The number of hydrogen-bond donors (Lipinski definition) is 3. The molecule has 0 fully saturated rings. The van der Waals surface area contributed by atoms with Gasteiger partial charge in [-0.2, -0.15) is 0 Å². The van der Waals surface area contributed by atoms with Crippen LogP contribution in [0.15, 0.2) is 48.5 Å². The topological polar surface area (TPSA) is 60.7 Å². The molecule has 3 nitrogen and oxygen atoms in total. The summed E-state index contributed by atoms with van der Waals surface area (Å²) in [6.45, 7) is 1.99. The lowest BCUT2D eigenvalue weighted by Gasteiger charge is -1.91. The smallest absolute Gasteiger partial charge is 0.157 e. The van der Waals surface area contributed by atoms with Gasteiger partial charge < -0.3 is 15.3 Å².